The Morgan fingerprint density at radius 3 is 2.40 bits per heavy atom. The molecule has 15 heavy (non-hydrogen) atoms. The largest absolute Gasteiger partial charge is 0.299 e. The molecule has 0 atom stereocenters. The maximum Gasteiger partial charge on any atom is 0.150 e. The number of hydrogen-bond donors (Lipinski definition) is 1. The summed E-state index contributed by atoms with van der Waals surface area (Å²) in [6.45, 7) is 0.869. The van der Waals surface area contributed by atoms with Crippen LogP contribution < -0.4 is 5.32 Å². The number of rotatable bonds is 3. The van der Waals surface area contributed by atoms with Crippen molar-refractivity contribution in [2.75, 3.05) is 18.1 Å². The molecule has 0 aromatic carbocycles. The van der Waals surface area contributed by atoms with Gasteiger partial charge in [-0.1, -0.05) is 0 Å². The van der Waals surface area contributed by atoms with Gasteiger partial charge in [0.25, 0.3) is 0 Å². The summed E-state index contributed by atoms with van der Waals surface area (Å²) >= 11 is 0. The molecule has 1 saturated heterocycles. The molecular formula is C10H16N2O2S. The normalized spacial score (nSPS) is 28.2. The first kappa shape index (κ1) is 10.9. The van der Waals surface area contributed by atoms with Gasteiger partial charge in [0, 0.05) is 0 Å². The second-order valence-corrected chi connectivity index (χ2v) is 6.97. The number of sulfone groups is 1. The second-order valence-electron chi connectivity index (χ2n) is 4.67. The van der Waals surface area contributed by atoms with E-state index in [9.17, 15) is 8.42 Å². The molecule has 4 nitrogen and oxygen atoms in total. The molecule has 1 aliphatic carbocycles. The number of hydrogen-bond acceptors (Lipinski definition) is 4. The summed E-state index contributed by atoms with van der Waals surface area (Å²) in [5, 5.41) is 12.4. The number of nitriles is 1. The van der Waals surface area contributed by atoms with E-state index in [2.05, 4.69) is 11.4 Å². The maximum absolute atomic E-state index is 11.3. The molecule has 1 saturated carbocycles. The van der Waals surface area contributed by atoms with Crippen LogP contribution in [0.1, 0.15) is 25.7 Å². The van der Waals surface area contributed by atoms with Crippen molar-refractivity contribution in [1.82, 2.24) is 5.32 Å². The monoisotopic (exact) mass is 228 g/mol. The molecule has 84 valence electrons. The van der Waals surface area contributed by atoms with Crippen LogP contribution in [0.5, 0.6) is 0 Å². The van der Waals surface area contributed by atoms with E-state index >= 15 is 0 Å². The minimum atomic E-state index is -2.88. The molecule has 0 spiro atoms. The van der Waals surface area contributed by atoms with E-state index in [-0.39, 0.29) is 11.5 Å². The predicted molar refractivity (Wildman–Crippen MR) is 57.0 cm³/mol. The lowest BCUT2D eigenvalue weighted by Crippen LogP contribution is -2.50. The van der Waals surface area contributed by atoms with Crippen molar-refractivity contribution in [1.29, 1.82) is 5.26 Å². The van der Waals surface area contributed by atoms with Gasteiger partial charge in [-0.3, -0.25) is 5.32 Å². The molecule has 2 fully saturated rings. The molecule has 0 aromatic rings. The van der Waals surface area contributed by atoms with E-state index < -0.39 is 15.4 Å². The molecule has 1 aliphatic heterocycles. The summed E-state index contributed by atoms with van der Waals surface area (Å²) in [5.41, 5.74) is -0.575. The lowest BCUT2D eigenvalue weighted by molar-refractivity contribution is 0.369. The van der Waals surface area contributed by atoms with Crippen molar-refractivity contribution < 1.29 is 8.42 Å². The topological polar surface area (TPSA) is 70.0 Å². The summed E-state index contributed by atoms with van der Waals surface area (Å²) < 4.78 is 22.5. The van der Waals surface area contributed by atoms with E-state index in [1.54, 1.807) is 0 Å². The summed E-state index contributed by atoms with van der Waals surface area (Å²) in [6.07, 6.45) is 3.37. The molecule has 5 heteroatoms. The first-order valence-corrected chi connectivity index (χ1v) is 7.24. The van der Waals surface area contributed by atoms with Crippen LogP contribution in [0.4, 0.5) is 0 Å². The minimum Gasteiger partial charge on any atom is -0.299 e. The molecule has 0 amide bonds. The molecule has 2 aliphatic rings. The minimum absolute atomic E-state index is 0.151. The zero-order chi connectivity index (χ0) is 10.9. The molecule has 0 unspecified atom stereocenters. The Morgan fingerprint density at radius 1 is 1.33 bits per heavy atom. The van der Waals surface area contributed by atoms with Gasteiger partial charge in [-0.15, -0.1) is 0 Å². The summed E-state index contributed by atoms with van der Waals surface area (Å²) in [5.74, 6) is 1.02. The summed E-state index contributed by atoms with van der Waals surface area (Å²) in [4.78, 5) is 0. The number of nitrogens with one attached hydrogen (secondary N) is 1. The smallest absolute Gasteiger partial charge is 0.150 e. The van der Waals surface area contributed by atoms with Crippen LogP contribution in [-0.2, 0) is 9.84 Å². The van der Waals surface area contributed by atoms with Gasteiger partial charge in [-0.05, 0) is 38.1 Å². The molecular weight excluding hydrogens is 212 g/mol. The molecule has 0 aromatic heterocycles. The quantitative estimate of drug-likeness (QED) is 0.761. The summed E-state index contributed by atoms with van der Waals surface area (Å²) in [6, 6.07) is 2.26. The van der Waals surface area contributed by atoms with E-state index in [4.69, 9.17) is 5.26 Å². The van der Waals surface area contributed by atoms with Gasteiger partial charge >= 0.3 is 0 Å². The van der Waals surface area contributed by atoms with Crippen LogP contribution in [0.15, 0.2) is 0 Å². The fourth-order valence-corrected chi connectivity index (χ4v) is 3.40. The Kier molecular flexibility index (Phi) is 2.73. The zero-order valence-electron chi connectivity index (χ0n) is 8.70. The highest BCUT2D eigenvalue weighted by Crippen LogP contribution is 2.30. The third-order valence-corrected chi connectivity index (χ3v) is 4.97. The van der Waals surface area contributed by atoms with Crippen LogP contribution in [0.25, 0.3) is 0 Å². The Hall–Kier alpha value is -0.600. The van der Waals surface area contributed by atoms with Crippen LogP contribution >= 0.6 is 0 Å². The molecule has 2 rings (SSSR count). The van der Waals surface area contributed by atoms with E-state index in [0.717, 1.165) is 6.54 Å². The lowest BCUT2D eigenvalue weighted by Gasteiger charge is -2.31. The highest BCUT2D eigenvalue weighted by Gasteiger charge is 2.38. The Bertz CT molecular complexity index is 365. The SMILES string of the molecule is N#CC1(NCC2CC2)CCS(=O)(=O)CC1. The summed E-state index contributed by atoms with van der Waals surface area (Å²) in [7, 11) is -2.88. The van der Waals surface area contributed by atoms with E-state index in [1.807, 2.05) is 0 Å². The predicted octanol–water partition coefficient (Wildman–Crippen LogP) is 0.457. The van der Waals surface area contributed by atoms with E-state index in [0.29, 0.717) is 18.8 Å². The van der Waals surface area contributed by atoms with Gasteiger partial charge < -0.3 is 0 Å². The van der Waals surface area contributed by atoms with Crippen LogP contribution in [0.3, 0.4) is 0 Å². The molecule has 1 heterocycles. The third kappa shape index (κ3) is 2.70. The van der Waals surface area contributed by atoms with Crippen molar-refractivity contribution in [3.05, 3.63) is 0 Å². The number of nitrogens with zero attached hydrogens (tertiary/aromatic N) is 1. The zero-order valence-corrected chi connectivity index (χ0v) is 9.52. The average Bonchev–Trinajstić information content (AvgIpc) is 3.01. The second kappa shape index (κ2) is 3.76. The van der Waals surface area contributed by atoms with Crippen molar-refractivity contribution in [2.45, 2.75) is 31.2 Å². The highest BCUT2D eigenvalue weighted by atomic mass is 32.2. The standard InChI is InChI=1S/C10H16N2O2S/c11-8-10(12-7-9-1-2-9)3-5-15(13,14)6-4-10/h9,12H,1-7H2. The third-order valence-electron chi connectivity index (χ3n) is 3.32. The van der Waals surface area contributed by atoms with E-state index in [1.165, 1.54) is 12.8 Å². The van der Waals surface area contributed by atoms with Crippen LogP contribution in [-0.4, -0.2) is 32.0 Å². The Balaban J connectivity index is 1.94. The van der Waals surface area contributed by atoms with Gasteiger partial charge in [-0.25, -0.2) is 8.42 Å². The van der Waals surface area contributed by atoms with Gasteiger partial charge in [0.15, 0.2) is 9.84 Å². The van der Waals surface area contributed by atoms with Gasteiger partial charge in [0.1, 0.15) is 5.54 Å². The Labute approximate surface area is 90.6 Å². The van der Waals surface area contributed by atoms with Crippen LogP contribution in [0, 0.1) is 17.2 Å². The van der Waals surface area contributed by atoms with Gasteiger partial charge in [-0.2, -0.15) is 5.26 Å². The van der Waals surface area contributed by atoms with Gasteiger partial charge in [0.2, 0.25) is 0 Å². The van der Waals surface area contributed by atoms with Crippen molar-refractivity contribution in [3.8, 4) is 6.07 Å². The van der Waals surface area contributed by atoms with Crippen LogP contribution in [0.2, 0.25) is 0 Å². The van der Waals surface area contributed by atoms with Gasteiger partial charge in [0.05, 0.1) is 17.6 Å². The molecule has 0 radical (unpaired) electrons. The van der Waals surface area contributed by atoms with Crippen molar-refractivity contribution >= 4 is 9.84 Å². The fourth-order valence-electron chi connectivity index (χ4n) is 1.88. The maximum atomic E-state index is 11.3. The highest BCUT2D eigenvalue weighted by molar-refractivity contribution is 7.91. The lowest BCUT2D eigenvalue weighted by atomic mass is 9.94. The first-order chi connectivity index (χ1) is 7.05. The molecule has 1 N–H and O–H groups in total. The van der Waals surface area contributed by atoms with Crippen molar-refractivity contribution in [3.63, 3.8) is 0 Å². The first-order valence-electron chi connectivity index (χ1n) is 5.42. The van der Waals surface area contributed by atoms with Crippen molar-refractivity contribution in [2.24, 2.45) is 5.92 Å². The average molecular weight is 228 g/mol. The molecule has 0 bridgehead atoms. The Morgan fingerprint density at radius 2 is 1.93 bits per heavy atom. The fraction of sp³-hybridized carbons (Fsp3) is 0.900.